The second kappa shape index (κ2) is 6.68. The van der Waals surface area contributed by atoms with Crippen LogP contribution in [0.3, 0.4) is 0 Å². The highest BCUT2D eigenvalue weighted by Crippen LogP contribution is 2.36. The third kappa shape index (κ3) is 3.13. The summed E-state index contributed by atoms with van der Waals surface area (Å²) in [6.45, 7) is 5.30. The van der Waals surface area contributed by atoms with Gasteiger partial charge in [-0.2, -0.15) is 0 Å². The normalized spacial score (nSPS) is 16.2. The largest absolute Gasteiger partial charge is 0.369 e. The third-order valence-electron chi connectivity index (χ3n) is 3.52. The lowest BCUT2D eigenvalue weighted by Gasteiger charge is -2.16. The van der Waals surface area contributed by atoms with Crippen molar-refractivity contribution in [3.8, 4) is 0 Å². The maximum absolute atomic E-state index is 4.78. The van der Waals surface area contributed by atoms with E-state index in [-0.39, 0.29) is 0 Å². The maximum atomic E-state index is 4.78. The summed E-state index contributed by atoms with van der Waals surface area (Å²) in [4.78, 5) is 9.41. The van der Waals surface area contributed by atoms with E-state index in [1.54, 1.807) is 0 Å². The topological polar surface area (TPSA) is 37.8 Å². The quantitative estimate of drug-likeness (QED) is 0.804. The van der Waals surface area contributed by atoms with E-state index < -0.39 is 0 Å². The minimum Gasteiger partial charge on any atom is -0.369 e. The van der Waals surface area contributed by atoms with E-state index in [1.807, 2.05) is 0 Å². The van der Waals surface area contributed by atoms with Crippen LogP contribution in [0.2, 0.25) is 0 Å². The predicted molar refractivity (Wildman–Crippen MR) is 84.1 cm³/mol. The van der Waals surface area contributed by atoms with Crippen LogP contribution in [0.25, 0.3) is 0 Å². The van der Waals surface area contributed by atoms with Gasteiger partial charge in [0.05, 0.1) is 9.26 Å². The van der Waals surface area contributed by atoms with Crippen LogP contribution >= 0.6 is 22.6 Å². The SMILES string of the molecule is CCCNc1nc(CC)nc(C2CCCC2)c1I. The molecule has 1 aromatic heterocycles. The van der Waals surface area contributed by atoms with Crippen LogP contribution in [0.5, 0.6) is 0 Å². The Morgan fingerprint density at radius 2 is 1.94 bits per heavy atom. The van der Waals surface area contributed by atoms with Crippen molar-refractivity contribution >= 4 is 28.4 Å². The fourth-order valence-electron chi connectivity index (χ4n) is 2.50. The molecule has 1 N–H and O–H groups in total. The van der Waals surface area contributed by atoms with Gasteiger partial charge in [-0.25, -0.2) is 9.97 Å². The zero-order valence-corrected chi connectivity index (χ0v) is 13.5. The number of aromatic nitrogens is 2. The summed E-state index contributed by atoms with van der Waals surface area (Å²) in [5, 5.41) is 3.44. The molecule has 0 atom stereocenters. The number of hydrogen-bond acceptors (Lipinski definition) is 3. The molecule has 2 rings (SSSR count). The van der Waals surface area contributed by atoms with Gasteiger partial charge in [-0.05, 0) is 41.9 Å². The number of hydrogen-bond donors (Lipinski definition) is 1. The molecule has 0 bridgehead atoms. The molecule has 0 radical (unpaired) electrons. The Balaban J connectivity index is 2.31. The molecule has 1 saturated carbocycles. The van der Waals surface area contributed by atoms with Crippen LogP contribution in [0.4, 0.5) is 5.82 Å². The molecular weight excluding hydrogens is 337 g/mol. The molecule has 0 unspecified atom stereocenters. The second-order valence-corrected chi connectivity index (χ2v) is 6.03. The van der Waals surface area contributed by atoms with Gasteiger partial charge in [-0.15, -0.1) is 0 Å². The van der Waals surface area contributed by atoms with E-state index in [4.69, 9.17) is 4.98 Å². The van der Waals surface area contributed by atoms with E-state index in [9.17, 15) is 0 Å². The van der Waals surface area contributed by atoms with Gasteiger partial charge in [0.2, 0.25) is 0 Å². The van der Waals surface area contributed by atoms with E-state index in [0.29, 0.717) is 5.92 Å². The van der Waals surface area contributed by atoms with Gasteiger partial charge in [0.15, 0.2) is 0 Å². The molecule has 4 heteroatoms. The number of nitrogens with one attached hydrogen (secondary N) is 1. The molecule has 3 nitrogen and oxygen atoms in total. The van der Waals surface area contributed by atoms with Crippen molar-refractivity contribution in [1.82, 2.24) is 9.97 Å². The Labute approximate surface area is 123 Å². The van der Waals surface area contributed by atoms with E-state index in [2.05, 4.69) is 46.7 Å². The second-order valence-electron chi connectivity index (χ2n) is 4.95. The molecule has 18 heavy (non-hydrogen) atoms. The van der Waals surface area contributed by atoms with Crippen LogP contribution in [-0.4, -0.2) is 16.5 Å². The Bertz CT molecular complexity index is 400. The first-order valence-electron chi connectivity index (χ1n) is 7.06. The molecule has 100 valence electrons. The van der Waals surface area contributed by atoms with E-state index in [1.165, 1.54) is 34.9 Å². The molecule has 1 aromatic rings. The van der Waals surface area contributed by atoms with E-state index in [0.717, 1.165) is 31.0 Å². The summed E-state index contributed by atoms with van der Waals surface area (Å²) in [6, 6.07) is 0. The van der Waals surface area contributed by atoms with Crippen LogP contribution in [0.1, 0.15) is 63.4 Å². The minimum absolute atomic E-state index is 0.660. The monoisotopic (exact) mass is 359 g/mol. The lowest BCUT2D eigenvalue weighted by Crippen LogP contribution is -2.12. The summed E-state index contributed by atoms with van der Waals surface area (Å²) in [7, 11) is 0. The average Bonchev–Trinajstić information content (AvgIpc) is 2.91. The molecule has 0 amide bonds. The standard InChI is InChI=1S/C14H22IN3/c1-3-9-16-14-12(15)13(10-7-5-6-8-10)17-11(4-2)18-14/h10H,3-9H2,1-2H3,(H,16,17,18). The molecular formula is C14H22IN3. The van der Waals surface area contributed by atoms with Crippen molar-refractivity contribution in [3.05, 3.63) is 15.1 Å². The van der Waals surface area contributed by atoms with Crippen molar-refractivity contribution in [2.45, 2.75) is 58.3 Å². The van der Waals surface area contributed by atoms with Gasteiger partial charge in [0.1, 0.15) is 11.6 Å². The molecule has 1 aliphatic carbocycles. The summed E-state index contributed by atoms with van der Waals surface area (Å²) in [5.41, 5.74) is 1.29. The smallest absolute Gasteiger partial charge is 0.143 e. The lowest BCUT2D eigenvalue weighted by molar-refractivity contribution is 0.679. The Morgan fingerprint density at radius 3 is 2.56 bits per heavy atom. The van der Waals surface area contributed by atoms with Crippen LogP contribution < -0.4 is 5.32 Å². The van der Waals surface area contributed by atoms with Gasteiger partial charge in [0, 0.05) is 18.9 Å². The van der Waals surface area contributed by atoms with Crippen LogP contribution in [0.15, 0.2) is 0 Å². The summed E-state index contributed by atoms with van der Waals surface area (Å²) < 4.78 is 1.24. The van der Waals surface area contributed by atoms with Gasteiger partial charge in [0.25, 0.3) is 0 Å². The summed E-state index contributed by atoms with van der Waals surface area (Å²) in [5.74, 6) is 2.69. The number of rotatable bonds is 5. The number of anilines is 1. The van der Waals surface area contributed by atoms with E-state index >= 15 is 0 Å². The van der Waals surface area contributed by atoms with Crippen molar-refractivity contribution in [2.75, 3.05) is 11.9 Å². The maximum Gasteiger partial charge on any atom is 0.143 e. The molecule has 0 aliphatic heterocycles. The zero-order valence-electron chi connectivity index (χ0n) is 11.3. The predicted octanol–water partition coefficient (Wildman–Crippen LogP) is 4.12. The Kier molecular flexibility index (Phi) is 5.21. The molecule has 0 saturated heterocycles. The Morgan fingerprint density at radius 1 is 1.22 bits per heavy atom. The fourth-order valence-corrected chi connectivity index (χ4v) is 3.37. The van der Waals surface area contributed by atoms with Crippen molar-refractivity contribution in [2.24, 2.45) is 0 Å². The van der Waals surface area contributed by atoms with Crippen molar-refractivity contribution < 1.29 is 0 Å². The fraction of sp³-hybridized carbons (Fsp3) is 0.714. The first-order chi connectivity index (χ1) is 8.76. The van der Waals surface area contributed by atoms with Gasteiger partial charge in [-0.1, -0.05) is 26.7 Å². The zero-order chi connectivity index (χ0) is 13.0. The highest BCUT2D eigenvalue weighted by Gasteiger charge is 2.23. The average molecular weight is 359 g/mol. The molecule has 0 spiro atoms. The molecule has 1 heterocycles. The van der Waals surface area contributed by atoms with Gasteiger partial charge in [-0.3, -0.25) is 0 Å². The van der Waals surface area contributed by atoms with Crippen LogP contribution in [0, 0.1) is 3.57 Å². The minimum atomic E-state index is 0.660. The molecule has 0 aromatic carbocycles. The third-order valence-corrected chi connectivity index (χ3v) is 4.59. The first kappa shape index (κ1) is 14.0. The van der Waals surface area contributed by atoms with Gasteiger partial charge >= 0.3 is 0 Å². The number of aryl methyl sites for hydroxylation is 1. The highest BCUT2D eigenvalue weighted by atomic mass is 127. The lowest BCUT2D eigenvalue weighted by atomic mass is 10.0. The molecule has 1 fully saturated rings. The summed E-state index contributed by atoms with van der Waals surface area (Å²) in [6.07, 6.45) is 7.33. The summed E-state index contributed by atoms with van der Waals surface area (Å²) >= 11 is 2.42. The first-order valence-corrected chi connectivity index (χ1v) is 8.14. The van der Waals surface area contributed by atoms with Crippen molar-refractivity contribution in [3.63, 3.8) is 0 Å². The van der Waals surface area contributed by atoms with Gasteiger partial charge < -0.3 is 5.32 Å². The van der Waals surface area contributed by atoms with Crippen LogP contribution in [-0.2, 0) is 6.42 Å². The van der Waals surface area contributed by atoms with Crippen molar-refractivity contribution in [1.29, 1.82) is 0 Å². The Hall–Kier alpha value is -0.390. The highest BCUT2D eigenvalue weighted by molar-refractivity contribution is 14.1. The molecule has 1 aliphatic rings. The number of nitrogens with zero attached hydrogens (tertiary/aromatic N) is 2. The number of halogens is 1.